The third kappa shape index (κ3) is 2.51. The van der Waals surface area contributed by atoms with E-state index in [9.17, 15) is 19.3 Å². The van der Waals surface area contributed by atoms with Crippen molar-refractivity contribution in [2.24, 2.45) is 0 Å². The Morgan fingerprint density at radius 3 is 2.72 bits per heavy atom. The van der Waals surface area contributed by atoms with Crippen molar-refractivity contribution in [3.05, 3.63) is 57.2 Å². The molecule has 1 N–H and O–H groups in total. The number of carbonyl (C=O) groups excluding carboxylic acids is 1. The van der Waals surface area contributed by atoms with Crippen LogP contribution >= 0.6 is 11.3 Å². The quantitative estimate of drug-likeness (QED) is 0.685. The van der Waals surface area contributed by atoms with Crippen molar-refractivity contribution >= 4 is 27.9 Å². The van der Waals surface area contributed by atoms with Crippen LogP contribution in [0.3, 0.4) is 0 Å². The van der Waals surface area contributed by atoms with Crippen LogP contribution in [0.5, 0.6) is 0 Å². The maximum atomic E-state index is 13.3. The van der Waals surface area contributed by atoms with Gasteiger partial charge in [0.25, 0.3) is 5.91 Å². The number of benzene rings is 1. The predicted molar refractivity (Wildman–Crippen MR) is 65.3 cm³/mol. The van der Waals surface area contributed by atoms with Gasteiger partial charge in [0.15, 0.2) is 0 Å². The van der Waals surface area contributed by atoms with Gasteiger partial charge in [0.05, 0.1) is 16.2 Å². The zero-order valence-corrected chi connectivity index (χ0v) is 9.74. The Balaban J connectivity index is 2.17. The summed E-state index contributed by atoms with van der Waals surface area (Å²) >= 11 is 0.847. The van der Waals surface area contributed by atoms with Crippen molar-refractivity contribution in [1.29, 1.82) is 0 Å². The molecule has 2 rings (SSSR count). The monoisotopic (exact) mass is 266 g/mol. The maximum Gasteiger partial charge on any atom is 0.324 e. The zero-order valence-electron chi connectivity index (χ0n) is 8.92. The average molecular weight is 266 g/mol. The van der Waals surface area contributed by atoms with Gasteiger partial charge in [-0.1, -0.05) is 23.5 Å². The van der Waals surface area contributed by atoms with Crippen LogP contribution in [-0.2, 0) is 0 Å². The molecule has 92 valence electrons. The molecule has 0 saturated carbocycles. The summed E-state index contributed by atoms with van der Waals surface area (Å²) in [6, 6.07) is 6.86. The summed E-state index contributed by atoms with van der Waals surface area (Å²) in [5.41, 5.74) is 0.173. The standard InChI is InChI=1S/C11H7FN2O3S/c12-8-3-1-2-4-9(8)13-11(15)7-5-10(14(16)17)18-6-7/h1-6H,(H,13,15). The molecule has 18 heavy (non-hydrogen) atoms. The van der Waals surface area contributed by atoms with Crippen LogP contribution in [0.1, 0.15) is 10.4 Å². The fourth-order valence-corrected chi connectivity index (χ4v) is 2.00. The first-order valence-electron chi connectivity index (χ1n) is 4.87. The van der Waals surface area contributed by atoms with Gasteiger partial charge in [0.2, 0.25) is 0 Å². The molecule has 0 spiro atoms. The number of thiophene rings is 1. The summed E-state index contributed by atoms with van der Waals surface area (Å²) in [6.07, 6.45) is 0. The molecule has 1 aromatic carbocycles. The van der Waals surface area contributed by atoms with Crippen molar-refractivity contribution in [3.63, 3.8) is 0 Å². The first-order chi connectivity index (χ1) is 8.58. The van der Waals surface area contributed by atoms with Gasteiger partial charge in [0, 0.05) is 11.4 Å². The number of anilines is 1. The molecule has 5 nitrogen and oxygen atoms in total. The largest absolute Gasteiger partial charge is 0.324 e. The van der Waals surface area contributed by atoms with E-state index in [1.165, 1.54) is 23.6 Å². The molecule has 1 amide bonds. The molecule has 1 aromatic heterocycles. The second-order valence-electron chi connectivity index (χ2n) is 3.36. The van der Waals surface area contributed by atoms with Gasteiger partial charge in [-0.05, 0) is 12.1 Å². The molecule has 1 heterocycles. The molecular formula is C11H7FN2O3S. The van der Waals surface area contributed by atoms with Crippen LogP contribution in [0.25, 0.3) is 0 Å². The summed E-state index contributed by atoms with van der Waals surface area (Å²) in [6.45, 7) is 0. The molecule has 7 heteroatoms. The van der Waals surface area contributed by atoms with Gasteiger partial charge in [-0.3, -0.25) is 14.9 Å². The zero-order chi connectivity index (χ0) is 13.1. The highest BCUT2D eigenvalue weighted by atomic mass is 32.1. The lowest BCUT2D eigenvalue weighted by molar-refractivity contribution is -0.380. The van der Waals surface area contributed by atoms with Crippen molar-refractivity contribution < 1.29 is 14.1 Å². The highest BCUT2D eigenvalue weighted by Gasteiger charge is 2.15. The predicted octanol–water partition coefficient (Wildman–Crippen LogP) is 3.05. The molecular weight excluding hydrogens is 259 g/mol. The summed E-state index contributed by atoms with van der Waals surface area (Å²) < 4.78 is 13.3. The molecule has 0 aliphatic rings. The summed E-state index contributed by atoms with van der Waals surface area (Å²) in [4.78, 5) is 21.6. The van der Waals surface area contributed by atoms with Gasteiger partial charge >= 0.3 is 5.00 Å². The molecule has 0 fully saturated rings. The van der Waals surface area contributed by atoms with Crippen molar-refractivity contribution in [2.75, 3.05) is 5.32 Å². The van der Waals surface area contributed by atoms with Gasteiger partial charge < -0.3 is 5.32 Å². The minimum absolute atomic E-state index is 0.0383. The van der Waals surface area contributed by atoms with Crippen LogP contribution in [0.15, 0.2) is 35.7 Å². The molecule has 0 radical (unpaired) electrons. The number of nitrogens with zero attached hydrogens (tertiary/aromatic N) is 1. The van der Waals surface area contributed by atoms with E-state index in [-0.39, 0.29) is 16.3 Å². The normalized spacial score (nSPS) is 10.1. The number of hydrogen-bond donors (Lipinski definition) is 1. The lowest BCUT2D eigenvalue weighted by Gasteiger charge is -2.03. The molecule has 0 saturated heterocycles. The van der Waals surface area contributed by atoms with Crippen LogP contribution in [0, 0.1) is 15.9 Å². The van der Waals surface area contributed by atoms with Gasteiger partial charge in [-0.15, -0.1) is 0 Å². The van der Waals surface area contributed by atoms with E-state index >= 15 is 0 Å². The highest BCUT2D eigenvalue weighted by Crippen LogP contribution is 2.23. The Labute approximate surface area is 105 Å². The first kappa shape index (κ1) is 12.2. The number of hydrogen-bond acceptors (Lipinski definition) is 4. The molecule has 0 unspecified atom stereocenters. The molecule has 0 aliphatic carbocycles. The summed E-state index contributed by atoms with van der Waals surface area (Å²) in [7, 11) is 0. The van der Waals surface area contributed by atoms with E-state index in [4.69, 9.17) is 0 Å². The smallest absolute Gasteiger partial charge is 0.319 e. The van der Waals surface area contributed by atoms with E-state index in [1.54, 1.807) is 6.07 Å². The van der Waals surface area contributed by atoms with E-state index in [0.29, 0.717) is 0 Å². The van der Waals surface area contributed by atoms with Crippen molar-refractivity contribution in [2.45, 2.75) is 0 Å². The number of nitrogens with one attached hydrogen (secondary N) is 1. The maximum absolute atomic E-state index is 13.3. The fraction of sp³-hybridized carbons (Fsp3) is 0. The topological polar surface area (TPSA) is 72.2 Å². The molecule has 0 atom stereocenters. The van der Waals surface area contributed by atoms with Gasteiger partial charge in [0.1, 0.15) is 5.82 Å². The Hall–Kier alpha value is -2.28. The van der Waals surface area contributed by atoms with Gasteiger partial charge in [-0.2, -0.15) is 0 Å². The minimum Gasteiger partial charge on any atom is -0.319 e. The number of halogens is 1. The minimum atomic E-state index is -0.579. The van der Waals surface area contributed by atoms with E-state index in [0.717, 1.165) is 17.4 Å². The van der Waals surface area contributed by atoms with Crippen molar-refractivity contribution in [1.82, 2.24) is 0 Å². The third-order valence-electron chi connectivity index (χ3n) is 2.15. The molecule has 2 aromatic rings. The summed E-state index contributed by atoms with van der Waals surface area (Å²) in [5, 5.41) is 14.0. The number of rotatable bonds is 3. The lowest BCUT2D eigenvalue weighted by Crippen LogP contribution is -2.11. The first-order valence-corrected chi connectivity index (χ1v) is 5.74. The molecule has 0 bridgehead atoms. The van der Waals surface area contributed by atoms with Crippen LogP contribution < -0.4 is 5.32 Å². The van der Waals surface area contributed by atoms with E-state index < -0.39 is 16.6 Å². The lowest BCUT2D eigenvalue weighted by atomic mass is 10.2. The Kier molecular flexibility index (Phi) is 3.33. The van der Waals surface area contributed by atoms with Crippen LogP contribution in [-0.4, -0.2) is 10.8 Å². The SMILES string of the molecule is O=C(Nc1ccccc1F)c1csc([N+](=O)[O-])c1. The van der Waals surface area contributed by atoms with Crippen molar-refractivity contribution in [3.8, 4) is 0 Å². The Morgan fingerprint density at radius 2 is 2.11 bits per heavy atom. The number of carbonyl (C=O) groups is 1. The van der Waals surface area contributed by atoms with Crippen LogP contribution in [0.2, 0.25) is 0 Å². The highest BCUT2D eigenvalue weighted by molar-refractivity contribution is 7.13. The van der Waals surface area contributed by atoms with Crippen LogP contribution in [0.4, 0.5) is 15.1 Å². The second kappa shape index (κ2) is 4.92. The third-order valence-corrected chi connectivity index (χ3v) is 3.03. The van der Waals surface area contributed by atoms with E-state index in [1.807, 2.05) is 0 Å². The molecule has 0 aliphatic heterocycles. The number of nitro groups is 1. The van der Waals surface area contributed by atoms with E-state index in [2.05, 4.69) is 5.32 Å². The van der Waals surface area contributed by atoms with Gasteiger partial charge in [-0.25, -0.2) is 4.39 Å². The average Bonchev–Trinajstić information content (AvgIpc) is 2.81. The summed E-state index contributed by atoms with van der Waals surface area (Å²) in [5.74, 6) is -1.14. The fourth-order valence-electron chi connectivity index (χ4n) is 1.30. The Bertz CT molecular complexity index is 612. The Morgan fingerprint density at radius 1 is 1.39 bits per heavy atom. The number of amides is 1. The second-order valence-corrected chi connectivity index (χ2v) is 4.25. The number of para-hydroxylation sites is 1.